The molecule has 0 spiro atoms. The van der Waals surface area contributed by atoms with Gasteiger partial charge in [0.15, 0.2) is 0 Å². The van der Waals surface area contributed by atoms with E-state index in [4.69, 9.17) is 15.2 Å². The Morgan fingerprint density at radius 3 is 2.50 bits per heavy atom. The summed E-state index contributed by atoms with van der Waals surface area (Å²) in [5.41, 5.74) is 5.64. The fraction of sp³-hybridized carbons (Fsp3) is 1.00. The highest BCUT2D eigenvalue weighted by Crippen LogP contribution is 2.20. The summed E-state index contributed by atoms with van der Waals surface area (Å²) in [4.78, 5) is 0. The average molecular weight is 201 g/mol. The summed E-state index contributed by atoms with van der Waals surface area (Å²) in [7, 11) is 0. The Hall–Kier alpha value is -0.120. The largest absolute Gasteiger partial charge is 0.379 e. The van der Waals surface area contributed by atoms with Gasteiger partial charge < -0.3 is 15.2 Å². The number of nitrogens with two attached hydrogens (primary N) is 1. The van der Waals surface area contributed by atoms with Crippen LogP contribution in [0.3, 0.4) is 0 Å². The van der Waals surface area contributed by atoms with Gasteiger partial charge in [-0.2, -0.15) is 0 Å². The SMILES string of the molecule is CC(C)CCOCCOC1CC(N)C1. The van der Waals surface area contributed by atoms with Crippen LogP contribution in [0.25, 0.3) is 0 Å². The molecule has 0 heterocycles. The highest BCUT2D eigenvalue weighted by atomic mass is 16.5. The fourth-order valence-corrected chi connectivity index (χ4v) is 1.44. The zero-order valence-electron chi connectivity index (χ0n) is 9.37. The van der Waals surface area contributed by atoms with Crippen LogP contribution < -0.4 is 5.73 Å². The summed E-state index contributed by atoms with van der Waals surface area (Å²) in [6, 6.07) is 0.377. The third-order valence-corrected chi connectivity index (χ3v) is 2.55. The molecule has 2 N–H and O–H groups in total. The Morgan fingerprint density at radius 1 is 1.21 bits per heavy atom. The van der Waals surface area contributed by atoms with Crippen molar-refractivity contribution in [2.45, 2.75) is 45.3 Å². The second kappa shape index (κ2) is 6.38. The quantitative estimate of drug-likeness (QED) is 0.636. The van der Waals surface area contributed by atoms with Crippen molar-refractivity contribution in [2.75, 3.05) is 19.8 Å². The molecule has 0 aliphatic heterocycles. The maximum absolute atomic E-state index is 5.64. The van der Waals surface area contributed by atoms with Crippen LogP contribution in [-0.2, 0) is 9.47 Å². The first-order valence-electron chi connectivity index (χ1n) is 5.63. The Morgan fingerprint density at radius 2 is 1.93 bits per heavy atom. The lowest BCUT2D eigenvalue weighted by molar-refractivity contribution is -0.0370. The van der Waals surface area contributed by atoms with Crippen molar-refractivity contribution in [1.29, 1.82) is 0 Å². The molecule has 0 aromatic carbocycles. The molecule has 3 nitrogen and oxygen atoms in total. The molecule has 1 rings (SSSR count). The van der Waals surface area contributed by atoms with Crippen molar-refractivity contribution >= 4 is 0 Å². The van der Waals surface area contributed by atoms with Crippen molar-refractivity contribution in [2.24, 2.45) is 11.7 Å². The van der Waals surface area contributed by atoms with Crippen LogP contribution in [0.5, 0.6) is 0 Å². The van der Waals surface area contributed by atoms with Crippen LogP contribution >= 0.6 is 0 Å². The molecule has 0 aromatic rings. The molecule has 84 valence electrons. The van der Waals surface area contributed by atoms with E-state index in [1.54, 1.807) is 0 Å². The van der Waals surface area contributed by atoms with Crippen LogP contribution in [0.1, 0.15) is 33.1 Å². The van der Waals surface area contributed by atoms with Gasteiger partial charge in [-0.25, -0.2) is 0 Å². The van der Waals surface area contributed by atoms with Crippen molar-refractivity contribution in [3.05, 3.63) is 0 Å². The van der Waals surface area contributed by atoms with E-state index in [1.165, 1.54) is 0 Å². The first kappa shape index (κ1) is 12.0. The van der Waals surface area contributed by atoms with Crippen molar-refractivity contribution in [3.63, 3.8) is 0 Å². The fourth-order valence-electron chi connectivity index (χ4n) is 1.44. The second-order valence-electron chi connectivity index (χ2n) is 4.52. The first-order valence-corrected chi connectivity index (χ1v) is 5.63. The zero-order chi connectivity index (χ0) is 10.4. The minimum Gasteiger partial charge on any atom is -0.379 e. The molecule has 3 heteroatoms. The summed E-state index contributed by atoms with van der Waals surface area (Å²) < 4.78 is 11.0. The predicted octanol–water partition coefficient (Wildman–Crippen LogP) is 1.56. The number of hydrogen-bond donors (Lipinski definition) is 1. The second-order valence-corrected chi connectivity index (χ2v) is 4.52. The highest BCUT2D eigenvalue weighted by Gasteiger charge is 2.26. The van der Waals surface area contributed by atoms with Gasteiger partial charge in [-0.1, -0.05) is 13.8 Å². The van der Waals surface area contributed by atoms with Crippen molar-refractivity contribution in [1.82, 2.24) is 0 Å². The maximum atomic E-state index is 5.64. The molecular weight excluding hydrogens is 178 g/mol. The third kappa shape index (κ3) is 4.94. The predicted molar refractivity (Wildman–Crippen MR) is 57.2 cm³/mol. The molecule has 14 heavy (non-hydrogen) atoms. The smallest absolute Gasteiger partial charge is 0.0704 e. The Bertz CT molecular complexity index is 144. The van der Waals surface area contributed by atoms with E-state index in [0.29, 0.717) is 12.1 Å². The van der Waals surface area contributed by atoms with E-state index in [1.807, 2.05) is 0 Å². The Labute approximate surface area is 86.9 Å². The molecule has 0 bridgehead atoms. The molecule has 0 radical (unpaired) electrons. The number of ether oxygens (including phenoxy) is 2. The molecule has 0 amide bonds. The summed E-state index contributed by atoms with van der Waals surface area (Å²) in [5, 5.41) is 0. The van der Waals surface area contributed by atoms with Gasteiger partial charge in [0.05, 0.1) is 19.3 Å². The van der Waals surface area contributed by atoms with Crippen LogP contribution in [0.15, 0.2) is 0 Å². The van der Waals surface area contributed by atoms with Gasteiger partial charge in [0.2, 0.25) is 0 Å². The summed E-state index contributed by atoms with van der Waals surface area (Å²) in [6.45, 7) is 6.70. The molecule has 0 saturated heterocycles. The van der Waals surface area contributed by atoms with Crippen LogP contribution in [0.2, 0.25) is 0 Å². The first-order chi connectivity index (χ1) is 6.68. The molecule has 0 aromatic heterocycles. The van der Waals surface area contributed by atoms with Crippen LogP contribution in [-0.4, -0.2) is 32.0 Å². The highest BCUT2D eigenvalue weighted by molar-refractivity contribution is 4.82. The van der Waals surface area contributed by atoms with Gasteiger partial charge in [-0.3, -0.25) is 0 Å². The van der Waals surface area contributed by atoms with Gasteiger partial charge >= 0.3 is 0 Å². The zero-order valence-corrected chi connectivity index (χ0v) is 9.37. The Kier molecular flexibility index (Phi) is 5.45. The molecule has 1 aliphatic carbocycles. The van der Waals surface area contributed by atoms with Crippen molar-refractivity contribution < 1.29 is 9.47 Å². The van der Waals surface area contributed by atoms with E-state index < -0.39 is 0 Å². The van der Waals surface area contributed by atoms with Crippen LogP contribution in [0.4, 0.5) is 0 Å². The lowest BCUT2D eigenvalue weighted by Gasteiger charge is -2.32. The average Bonchev–Trinajstić information content (AvgIpc) is 2.07. The Balaban J connectivity index is 1.76. The van der Waals surface area contributed by atoms with E-state index in [-0.39, 0.29) is 0 Å². The summed E-state index contributed by atoms with van der Waals surface area (Å²) in [5.74, 6) is 0.723. The molecule has 0 unspecified atom stereocenters. The van der Waals surface area contributed by atoms with Gasteiger partial charge in [-0.15, -0.1) is 0 Å². The summed E-state index contributed by atoms with van der Waals surface area (Å²) in [6.07, 6.45) is 3.57. The van der Waals surface area contributed by atoms with Gasteiger partial charge in [0.25, 0.3) is 0 Å². The number of rotatable bonds is 7. The molecular formula is C11H23NO2. The molecule has 1 saturated carbocycles. The van der Waals surface area contributed by atoms with E-state index in [9.17, 15) is 0 Å². The van der Waals surface area contributed by atoms with E-state index in [2.05, 4.69) is 13.8 Å². The van der Waals surface area contributed by atoms with Gasteiger partial charge in [-0.05, 0) is 25.2 Å². The molecule has 1 aliphatic rings. The maximum Gasteiger partial charge on any atom is 0.0704 e. The van der Waals surface area contributed by atoms with Gasteiger partial charge in [0, 0.05) is 12.6 Å². The van der Waals surface area contributed by atoms with Gasteiger partial charge in [0.1, 0.15) is 0 Å². The minimum absolute atomic E-state index is 0.377. The monoisotopic (exact) mass is 201 g/mol. The van der Waals surface area contributed by atoms with Crippen LogP contribution in [0, 0.1) is 5.92 Å². The van der Waals surface area contributed by atoms with Crippen molar-refractivity contribution in [3.8, 4) is 0 Å². The lowest BCUT2D eigenvalue weighted by atomic mass is 9.90. The standard InChI is InChI=1S/C11H23NO2/c1-9(2)3-4-13-5-6-14-11-7-10(12)8-11/h9-11H,3-8,12H2,1-2H3. The number of hydrogen-bond acceptors (Lipinski definition) is 3. The third-order valence-electron chi connectivity index (χ3n) is 2.55. The van der Waals surface area contributed by atoms with E-state index in [0.717, 1.165) is 45.0 Å². The minimum atomic E-state index is 0.377. The molecule has 0 atom stereocenters. The topological polar surface area (TPSA) is 44.5 Å². The summed E-state index contributed by atoms with van der Waals surface area (Å²) >= 11 is 0. The lowest BCUT2D eigenvalue weighted by Crippen LogP contribution is -2.42. The molecule has 1 fully saturated rings. The normalized spacial score (nSPS) is 26.6. The van der Waals surface area contributed by atoms with E-state index >= 15 is 0 Å².